The largest absolute Gasteiger partial charge is 0.480 e. The minimum Gasteiger partial charge on any atom is -0.480 e. The molecule has 1 saturated heterocycles. The van der Waals surface area contributed by atoms with Crippen molar-refractivity contribution >= 4 is 29.5 Å². The summed E-state index contributed by atoms with van der Waals surface area (Å²) in [5, 5.41) is 8.56. The van der Waals surface area contributed by atoms with E-state index < -0.39 is 16.0 Å². The molecule has 6 heteroatoms. The van der Waals surface area contributed by atoms with E-state index >= 15 is 0 Å². The molecule has 19 heavy (non-hydrogen) atoms. The van der Waals surface area contributed by atoms with Gasteiger partial charge in [0.25, 0.3) is 0 Å². The van der Waals surface area contributed by atoms with Crippen molar-refractivity contribution in [2.24, 2.45) is 0 Å². The first-order chi connectivity index (χ1) is 8.83. The van der Waals surface area contributed by atoms with Gasteiger partial charge in [-0.3, -0.25) is 19.3 Å². The number of aliphatic carboxylic acids is 1. The fourth-order valence-electron chi connectivity index (χ4n) is 2.67. The van der Waals surface area contributed by atoms with E-state index in [2.05, 4.69) is 0 Å². The summed E-state index contributed by atoms with van der Waals surface area (Å²) in [7, 11) is 0. The van der Waals surface area contributed by atoms with Crippen LogP contribution in [0.4, 0.5) is 0 Å². The highest BCUT2D eigenvalue weighted by molar-refractivity contribution is 8.02. The molecule has 1 aliphatic heterocycles. The third kappa shape index (κ3) is 2.78. The topological polar surface area (TPSA) is 74.7 Å². The molecule has 1 unspecified atom stereocenters. The molecule has 1 N–H and O–H groups in total. The SMILES string of the molecule is CC(C)(SC1CC(=O)N(C2CCCC2)C1=O)C(=O)O. The van der Waals surface area contributed by atoms with Gasteiger partial charge in [0.05, 0.1) is 5.25 Å². The zero-order chi connectivity index (χ0) is 14.2. The molecular weight excluding hydrogens is 266 g/mol. The Bertz CT molecular complexity index is 415. The second kappa shape index (κ2) is 5.15. The summed E-state index contributed by atoms with van der Waals surface area (Å²) < 4.78 is -1.05. The van der Waals surface area contributed by atoms with Gasteiger partial charge in [0.1, 0.15) is 4.75 Å². The Kier molecular flexibility index (Phi) is 3.90. The maximum atomic E-state index is 12.3. The van der Waals surface area contributed by atoms with Crippen molar-refractivity contribution in [1.82, 2.24) is 4.90 Å². The van der Waals surface area contributed by atoms with Crippen LogP contribution in [0.5, 0.6) is 0 Å². The Morgan fingerprint density at radius 1 is 1.32 bits per heavy atom. The minimum absolute atomic E-state index is 0.0403. The van der Waals surface area contributed by atoms with Gasteiger partial charge in [0, 0.05) is 12.5 Å². The van der Waals surface area contributed by atoms with Crippen molar-refractivity contribution in [1.29, 1.82) is 0 Å². The average Bonchev–Trinajstić information content (AvgIpc) is 2.88. The maximum Gasteiger partial charge on any atom is 0.319 e. The summed E-state index contributed by atoms with van der Waals surface area (Å²) in [6.45, 7) is 3.13. The number of rotatable bonds is 4. The number of hydrogen-bond donors (Lipinski definition) is 1. The number of likely N-dealkylation sites (tertiary alicyclic amines) is 1. The summed E-state index contributed by atoms with van der Waals surface area (Å²) in [5.41, 5.74) is 0. The van der Waals surface area contributed by atoms with Gasteiger partial charge in [-0.25, -0.2) is 0 Å². The molecule has 0 aromatic heterocycles. The van der Waals surface area contributed by atoms with Crippen LogP contribution in [-0.4, -0.2) is 43.8 Å². The average molecular weight is 285 g/mol. The van der Waals surface area contributed by atoms with Gasteiger partial charge in [-0.05, 0) is 26.7 Å². The summed E-state index contributed by atoms with van der Waals surface area (Å²) in [5.74, 6) is -1.30. The third-order valence-corrected chi connectivity index (χ3v) is 5.20. The number of thioether (sulfide) groups is 1. The fraction of sp³-hybridized carbons (Fsp3) is 0.769. The first-order valence-electron chi connectivity index (χ1n) is 6.60. The minimum atomic E-state index is -1.05. The molecule has 1 atom stereocenters. The molecule has 106 valence electrons. The molecule has 2 fully saturated rings. The van der Waals surface area contributed by atoms with Crippen molar-refractivity contribution in [3.63, 3.8) is 0 Å². The van der Waals surface area contributed by atoms with Crippen LogP contribution in [0.1, 0.15) is 46.0 Å². The van der Waals surface area contributed by atoms with Gasteiger partial charge in [-0.1, -0.05) is 12.8 Å². The van der Waals surface area contributed by atoms with E-state index in [4.69, 9.17) is 5.11 Å². The monoisotopic (exact) mass is 285 g/mol. The Balaban J connectivity index is 2.07. The molecule has 0 radical (unpaired) electrons. The van der Waals surface area contributed by atoms with Crippen LogP contribution in [-0.2, 0) is 14.4 Å². The molecule has 1 heterocycles. The molecule has 2 amide bonds. The molecule has 1 aliphatic carbocycles. The van der Waals surface area contributed by atoms with E-state index in [-0.39, 0.29) is 24.3 Å². The molecule has 2 aliphatic rings. The van der Waals surface area contributed by atoms with Crippen molar-refractivity contribution < 1.29 is 19.5 Å². The fourth-order valence-corrected chi connectivity index (χ4v) is 3.92. The second-order valence-electron chi connectivity index (χ2n) is 5.67. The smallest absolute Gasteiger partial charge is 0.319 e. The number of hydrogen-bond acceptors (Lipinski definition) is 4. The number of carbonyl (C=O) groups excluding carboxylic acids is 2. The highest BCUT2D eigenvalue weighted by Gasteiger charge is 2.46. The normalized spacial score (nSPS) is 25.4. The number of carboxylic acid groups (broad SMARTS) is 1. The molecule has 0 aromatic carbocycles. The number of imide groups is 1. The van der Waals surface area contributed by atoms with E-state index in [9.17, 15) is 14.4 Å². The summed E-state index contributed by atoms with van der Waals surface area (Å²) >= 11 is 1.08. The van der Waals surface area contributed by atoms with Crippen molar-refractivity contribution in [2.75, 3.05) is 0 Å². The van der Waals surface area contributed by atoms with E-state index in [1.807, 2.05) is 0 Å². The highest BCUT2D eigenvalue weighted by Crippen LogP contribution is 2.37. The molecule has 5 nitrogen and oxygen atoms in total. The van der Waals surface area contributed by atoms with Crippen LogP contribution in [0.2, 0.25) is 0 Å². The number of carbonyl (C=O) groups is 3. The second-order valence-corrected chi connectivity index (χ2v) is 7.49. The zero-order valence-electron chi connectivity index (χ0n) is 11.2. The number of nitrogens with zero attached hydrogens (tertiary/aromatic N) is 1. The van der Waals surface area contributed by atoms with Gasteiger partial charge in [0.15, 0.2) is 0 Å². The highest BCUT2D eigenvalue weighted by atomic mass is 32.2. The van der Waals surface area contributed by atoms with Gasteiger partial charge < -0.3 is 5.11 Å². The summed E-state index contributed by atoms with van der Waals surface area (Å²) in [6, 6.07) is 0.0403. The molecule has 2 rings (SSSR count). The Labute approximate surface area is 116 Å². The van der Waals surface area contributed by atoms with Crippen molar-refractivity contribution in [3.8, 4) is 0 Å². The quantitative estimate of drug-likeness (QED) is 0.795. The predicted molar refractivity (Wildman–Crippen MR) is 71.8 cm³/mol. The van der Waals surface area contributed by atoms with Crippen LogP contribution >= 0.6 is 11.8 Å². The molecular formula is C13H19NO4S. The molecule has 0 aromatic rings. The van der Waals surface area contributed by atoms with Gasteiger partial charge in [-0.15, -0.1) is 11.8 Å². The lowest BCUT2D eigenvalue weighted by atomic mass is 10.2. The Morgan fingerprint density at radius 3 is 2.42 bits per heavy atom. The van der Waals surface area contributed by atoms with E-state index in [0.717, 1.165) is 37.4 Å². The van der Waals surface area contributed by atoms with Crippen molar-refractivity contribution in [2.45, 2.75) is 62.0 Å². The number of carboxylic acids is 1. The predicted octanol–water partition coefficient (Wildman–Crippen LogP) is 1.65. The van der Waals surface area contributed by atoms with Crippen LogP contribution in [0, 0.1) is 0 Å². The van der Waals surface area contributed by atoms with Crippen LogP contribution < -0.4 is 0 Å². The van der Waals surface area contributed by atoms with E-state index in [1.54, 1.807) is 13.8 Å². The third-order valence-electron chi connectivity index (χ3n) is 3.78. The lowest BCUT2D eigenvalue weighted by Gasteiger charge is -2.24. The van der Waals surface area contributed by atoms with E-state index in [0.29, 0.717) is 0 Å². The maximum absolute atomic E-state index is 12.3. The molecule has 1 saturated carbocycles. The van der Waals surface area contributed by atoms with E-state index in [1.165, 1.54) is 4.90 Å². The summed E-state index contributed by atoms with van der Waals surface area (Å²) in [6.07, 6.45) is 4.02. The van der Waals surface area contributed by atoms with Crippen LogP contribution in [0.3, 0.4) is 0 Å². The number of amides is 2. The summed E-state index contributed by atoms with van der Waals surface area (Å²) in [4.78, 5) is 36.8. The zero-order valence-corrected chi connectivity index (χ0v) is 12.0. The first kappa shape index (κ1) is 14.4. The molecule has 0 bridgehead atoms. The first-order valence-corrected chi connectivity index (χ1v) is 7.48. The van der Waals surface area contributed by atoms with Gasteiger partial charge in [0.2, 0.25) is 11.8 Å². The van der Waals surface area contributed by atoms with Crippen molar-refractivity contribution in [3.05, 3.63) is 0 Å². The van der Waals surface area contributed by atoms with Gasteiger partial charge >= 0.3 is 5.97 Å². The lowest BCUT2D eigenvalue weighted by molar-refractivity contribution is -0.141. The molecule has 0 spiro atoms. The van der Waals surface area contributed by atoms with Crippen LogP contribution in [0.25, 0.3) is 0 Å². The standard InChI is InChI=1S/C13H19NO4S/c1-13(2,12(17)18)19-9-7-10(15)14(11(9)16)8-5-3-4-6-8/h8-9H,3-7H2,1-2H3,(H,17,18). The Hall–Kier alpha value is -1.04. The van der Waals surface area contributed by atoms with Gasteiger partial charge in [-0.2, -0.15) is 0 Å². The van der Waals surface area contributed by atoms with Crippen LogP contribution in [0.15, 0.2) is 0 Å². The Morgan fingerprint density at radius 2 is 1.89 bits per heavy atom. The lowest BCUT2D eigenvalue weighted by Crippen LogP contribution is -2.40.